The molecule has 1 fully saturated rings. The van der Waals surface area contributed by atoms with Crippen molar-refractivity contribution in [1.82, 2.24) is 35.9 Å². The van der Waals surface area contributed by atoms with E-state index in [9.17, 15) is 8.42 Å². The number of rotatable bonds is 4. The van der Waals surface area contributed by atoms with Gasteiger partial charge in [-0.3, -0.25) is 5.14 Å². The van der Waals surface area contributed by atoms with Gasteiger partial charge in [0.25, 0.3) is 0 Å². The Hall–Kier alpha value is -3.08. The van der Waals surface area contributed by atoms with E-state index in [0.29, 0.717) is 22.2 Å². The summed E-state index contributed by atoms with van der Waals surface area (Å²) in [4.78, 5) is 7.31. The number of β-amino-alcohol motifs (C(OH)–C–C–N with tert-alkyl or cyclic N) is 1. The number of nitrogens with two attached hydrogens (primary N) is 3. The molecule has 0 bridgehead atoms. The number of hydrogen-bond acceptors (Lipinski definition) is 11. The number of aliphatic hydroxyl groups excluding tert-OH is 1. The molecule has 0 radical (unpaired) electrons. The second kappa shape index (κ2) is 9.42. The van der Waals surface area contributed by atoms with Gasteiger partial charge in [-0.15, -0.1) is 10.2 Å². The summed E-state index contributed by atoms with van der Waals surface area (Å²) in [5.74, 6) is 0.296. The summed E-state index contributed by atoms with van der Waals surface area (Å²) < 4.78 is 24.7. The highest BCUT2D eigenvalue weighted by atomic mass is 32.2. The van der Waals surface area contributed by atoms with Crippen molar-refractivity contribution in [3.63, 3.8) is 0 Å². The van der Waals surface area contributed by atoms with Gasteiger partial charge in [0.2, 0.25) is 15.8 Å². The smallest absolute Gasteiger partial charge is 0.239 e. The Morgan fingerprint density at radius 3 is 2.58 bits per heavy atom. The van der Waals surface area contributed by atoms with E-state index in [4.69, 9.17) is 21.1 Å². The third-order valence-corrected chi connectivity index (χ3v) is 6.67. The van der Waals surface area contributed by atoms with E-state index < -0.39 is 10.0 Å². The first-order valence-corrected chi connectivity index (χ1v) is 12.2. The number of primary sulfonamides is 1. The Morgan fingerprint density at radius 2 is 2.00 bits per heavy atom. The first-order chi connectivity index (χ1) is 15.8. The number of aliphatic hydroxyl groups is 1. The van der Waals surface area contributed by atoms with Crippen LogP contribution in [0.3, 0.4) is 0 Å². The van der Waals surface area contributed by atoms with Crippen molar-refractivity contribution in [3.05, 3.63) is 30.3 Å². The number of nitrogen functional groups attached to an aromatic ring is 1. The van der Waals surface area contributed by atoms with Gasteiger partial charge in [-0.25, -0.2) is 18.5 Å². The number of hydrogen-bond donors (Lipinski definition) is 7. The predicted molar refractivity (Wildman–Crippen MR) is 124 cm³/mol. The molecule has 0 aliphatic carbocycles. The fraction of sp³-hybridized carbons (Fsp3) is 0.222. The molecule has 1 aliphatic rings. The van der Waals surface area contributed by atoms with Crippen LogP contribution in [0, 0.1) is 0 Å². The molecule has 3 heterocycles. The summed E-state index contributed by atoms with van der Waals surface area (Å²) in [7, 11) is -4.16. The molecule has 15 heteroatoms. The number of nitrogens with one attached hydrogen (secondary N) is 3. The highest BCUT2D eigenvalue weighted by Crippen LogP contribution is 2.41. The SMILES string of the molecule is NSc1ccc(-c2cccc3[nH]c(N)nc23)c(-c2nn[nH]n2)c1S(N)(=O)=O.OC1CCNC1. The van der Waals surface area contributed by atoms with Crippen LogP contribution < -0.4 is 21.3 Å². The fourth-order valence-corrected chi connectivity index (χ4v) is 5.24. The maximum absolute atomic E-state index is 12.4. The Labute approximate surface area is 192 Å². The molecule has 2 aromatic carbocycles. The van der Waals surface area contributed by atoms with E-state index >= 15 is 0 Å². The van der Waals surface area contributed by atoms with E-state index in [0.717, 1.165) is 31.5 Å². The molecule has 1 atom stereocenters. The number of imidazole rings is 1. The van der Waals surface area contributed by atoms with Gasteiger partial charge in [0.1, 0.15) is 4.90 Å². The summed E-state index contributed by atoms with van der Waals surface area (Å²) in [5, 5.41) is 36.5. The van der Waals surface area contributed by atoms with Crippen LogP contribution in [0.15, 0.2) is 40.1 Å². The third kappa shape index (κ3) is 4.82. The van der Waals surface area contributed by atoms with Gasteiger partial charge in [0.15, 0.2) is 5.95 Å². The number of aromatic nitrogens is 6. The van der Waals surface area contributed by atoms with Crippen molar-refractivity contribution in [2.24, 2.45) is 10.3 Å². The molecular formula is C18H22N10O3S2. The molecule has 1 unspecified atom stereocenters. The van der Waals surface area contributed by atoms with Crippen LogP contribution in [0.5, 0.6) is 0 Å². The molecule has 0 amide bonds. The molecule has 0 saturated carbocycles. The summed E-state index contributed by atoms with van der Waals surface area (Å²) in [6.45, 7) is 1.78. The van der Waals surface area contributed by atoms with Gasteiger partial charge in [-0.1, -0.05) is 18.2 Å². The van der Waals surface area contributed by atoms with Gasteiger partial charge in [-0.2, -0.15) is 5.21 Å². The van der Waals surface area contributed by atoms with E-state index in [1.807, 2.05) is 0 Å². The molecule has 13 nitrogen and oxygen atoms in total. The van der Waals surface area contributed by atoms with Crippen LogP contribution in [-0.4, -0.2) is 63.3 Å². The minimum absolute atomic E-state index is 0.0606. The number of nitrogens with zero attached hydrogens (tertiary/aromatic N) is 4. The molecule has 1 aliphatic heterocycles. The molecule has 5 rings (SSSR count). The van der Waals surface area contributed by atoms with Crippen molar-refractivity contribution in [3.8, 4) is 22.5 Å². The second-order valence-corrected chi connectivity index (χ2v) is 9.36. The number of H-pyrrole nitrogens is 2. The average molecular weight is 491 g/mol. The number of tetrazole rings is 1. The van der Waals surface area contributed by atoms with Crippen molar-refractivity contribution >= 4 is 39.0 Å². The van der Waals surface area contributed by atoms with Crippen LogP contribution in [0.1, 0.15) is 6.42 Å². The van der Waals surface area contributed by atoms with Crippen LogP contribution in [-0.2, 0) is 10.0 Å². The van der Waals surface area contributed by atoms with E-state index in [1.165, 1.54) is 0 Å². The van der Waals surface area contributed by atoms with Gasteiger partial charge >= 0.3 is 0 Å². The number of aromatic amines is 2. The standard InChI is InChI=1S/C14H13N9O2S2.C4H9NO/c15-14-18-8-3-1-2-7(11(8)19-14)6-4-5-9(26-16)12(27(17,24)25)10(6)13-20-22-23-21-13;6-4-1-2-5-3-4/h1-5H,16H2,(H3,15,18,19)(H2,17,24,25)(H,20,21,22,23);4-6H,1-3H2. The predicted octanol–water partition coefficient (Wildman–Crippen LogP) is -0.0540. The Bertz CT molecular complexity index is 1370. The maximum Gasteiger partial charge on any atom is 0.239 e. The minimum atomic E-state index is -4.16. The molecule has 0 spiro atoms. The minimum Gasteiger partial charge on any atom is -0.392 e. The van der Waals surface area contributed by atoms with E-state index in [-0.39, 0.29) is 33.2 Å². The molecule has 4 aromatic rings. The van der Waals surface area contributed by atoms with Crippen molar-refractivity contribution < 1.29 is 13.5 Å². The number of sulfonamides is 1. The Balaban J connectivity index is 0.000000376. The highest BCUT2D eigenvalue weighted by Gasteiger charge is 2.27. The first kappa shape index (κ1) is 23.1. The topological polar surface area (TPSA) is 228 Å². The quantitative estimate of drug-likeness (QED) is 0.187. The molecule has 33 heavy (non-hydrogen) atoms. The lowest BCUT2D eigenvalue weighted by Crippen LogP contribution is -2.16. The highest BCUT2D eigenvalue weighted by molar-refractivity contribution is 7.98. The zero-order valence-electron chi connectivity index (χ0n) is 17.2. The third-order valence-electron chi connectivity index (χ3n) is 4.96. The van der Waals surface area contributed by atoms with Crippen LogP contribution in [0.25, 0.3) is 33.5 Å². The number of benzene rings is 2. The summed E-state index contributed by atoms with van der Waals surface area (Å²) in [5.41, 5.74) is 8.33. The van der Waals surface area contributed by atoms with Crippen LogP contribution in [0.4, 0.5) is 5.95 Å². The summed E-state index contributed by atoms with van der Waals surface area (Å²) in [6.07, 6.45) is 0.866. The number of para-hydroxylation sites is 1. The average Bonchev–Trinajstić information content (AvgIpc) is 3.53. The summed E-state index contributed by atoms with van der Waals surface area (Å²) >= 11 is 0.758. The van der Waals surface area contributed by atoms with Crippen LogP contribution >= 0.6 is 11.9 Å². The number of anilines is 1. The lowest BCUT2D eigenvalue weighted by atomic mass is 9.98. The van der Waals surface area contributed by atoms with Gasteiger partial charge in [0.05, 0.1) is 22.7 Å². The normalized spacial score (nSPS) is 16.0. The molecule has 2 aromatic heterocycles. The number of fused-ring (bicyclic) bond motifs is 1. The largest absolute Gasteiger partial charge is 0.392 e. The zero-order chi connectivity index (χ0) is 23.6. The van der Waals surface area contributed by atoms with Crippen LogP contribution in [0.2, 0.25) is 0 Å². The van der Waals surface area contributed by atoms with Crippen molar-refractivity contribution in [1.29, 1.82) is 0 Å². The zero-order valence-corrected chi connectivity index (χ0v) is 18.8. The Kier molecular flexibility index (Phi) is 6.59. The van der Waals surface area contributed by atoms with E-state index in [1.54, 1.807) is 30.3 Å². The summed E-state index contributed by atoms with van der Waals surface area (Å²) in [6, 6.07) is 8.65. The second-order valence-electron chi connectivity index (χ2n) is 7.18. The Morgan fingerprint density at radius 1 is 1.18 bits per heavy atom. The van der Waals surface area contributed by atoms with E-state index in [2.05, 4.69) is 35.9 Å². The maximum atomic E-state index is 12.4. The lowest BCUT2D eigenvalue weighted by molar-refractivity contribution is 0.196. The molecule has 10 N–H and O–H groups in total. The fourth-order valence-electron chi connectivity index (χ4n) is 3.56. The van der Waals surface area contributed by atoms with Gasteiger partial charge < -0.3 is 21.1 Å². The lowest BCUT2D eigenvalue weighted by Gasteiger charge is -2.14. The molecule has 174 valence electrons. The van der Waals surface area contributed by atoms with Crippen molar-refractivity contribution in [2.45, 2.75) is 22.3 Å². The van der Waals surface area contributed by atoms with Gasteiger partial charge in [0, 0.05) is 17.0 Å². The molecular weight excluding hydrogens is 468 g/mol. The van der Waals surface area contributed by atoms with Gasteiger partial charge in [-0.05, 0) is 47.8 Å². The monoisotopic (exact) mass is 490 g/mol. The first-order valence-electron chi connectivity index (χ1n) is 9.73. The molecule has 1 saturated heterocycles. The van der Waals surface area contributed by atoms with Crippen molar-refractivity contribution in [2.75, 3.05) is 18.8 Å².